The number of esters is 2. The van der Waals surface area contributed by atoms with Gasteiger partial charge in [-0.25, -0.2) is 9.59 Å². The van der Waals surface area contributed by atoms with E-state index in [0.29, 0.717) is 11.8 Å². The van der Waals surface area contributed by atoms with Crippen LogP contribution in [-0.4, -0.2) is 42.1 Å². The maximum Gasteiger partial charge on any atom is 0.431 e. The summed E-state index contributed by atoms with van der Waals surface area (Å²) in [6.45, 7) is 1.21. The summed E-state index contributed by atoms with van der Waals surface area (Å²) in [4.78, 5) is 35.7. The summed E-state index contributed by atoms with van der Waals surface area (Å²) in [5, 5.41) is 13.8. The molecule has 0 aliphatic carbocycles. The van der Waals surface area contributed by atoms with Gasteiger partial charge in [-0.05, 0) is 18.9 Å². The van der Waals surface area contributed by atoms with Crippen molar-refractivity contribution in [3.05, 3.63) is 62.5 Å². The molecule has 31 heavy (non-hydrogen) atoms. The molecule has 1 aliphatic rings. The van der Waals surface area contributed by atoms with Crippen LogP contribution in [0.15, 0.2) is 46.8 Å². The SMILES string of the molecule is COC(=O)C1=C(C(F)(F)F)NC(C)=C(C(=O)OCCCBr)C1c1cccc([N+](=O)[O-])c1. The van der Waals surface area contributed by atoms with E-state index < -0.39 is 45.9 Å². The lowest BCUT2D eigenvalue weighted by molar-refractivity contribution is -0.384. The van der Waals surface area contributed by atoms with Crippen molar-refractivity contribution in [3.63, 3.8) is 0 Å². The molecule has 0 radical (unpaired) electrons. The minimum absolute atomic E-state index is 0.0219. The number of methoxy groups -OCH3 is 1. The van der Waals surface area contributed by atoms with Crippen LogP contribution >= 0.6 is 15.9 Å². The highest BCUT2D eigenvalue weighted by Crippen LogP contribution is 2.43. The molecule has 1 N–H and O–H groups in total. The number of allylic oxidation sites excluding steroid dienone is 2. The largest absolute Gasteiger partial charge is 0.466 e. The Morgan fingerprint density at radius 3 is 2.48 bits per heavy atom. The zero-order chi connectivity index (χ0) is 23.3. The van der Waals surface area contributed by atoms with E-state index >= 15 is 0 Å². The smallest absolute Gasteiger partial charge is 0.431 e. The lowest BCUT2D eigenvalue weighted by atomic mass is 9.80. The number of nitrogens with zero attached hydrogens (tertiary/aromatic N) is 1. The van der Waals surface area contributed by atoms with Gasteiger partial charge in [0.2, 0.25) is 0 Å². The van der Waals surface area contributed by atoms with E-state index in [1.165, 1.54) is 19.1 Å². The quantitative estimate of drug-likeness (QED) is 0.196. The highest BCUT2D eigenvalue weighted by molar-refractivity contribution is 9.09. The second kappa shape index (κ2) is 9.94. The van der Waals surface area contributed by atoms with Crippen molar-refractivity contribution in [1.29, 1.82) is 0 Å². The molecule has 1 aromatic rings. The van der Waals surface area contributed by atoms with Crippen molar-refractivity contribution in [2.24, 2.45) is 0 Å². The van der Waals surface area contributed by atoms with Crippen molar-refractivity contribution in [3.8, 4) is 0 Å². The first-order valence-electron chi connectivity index (χ1n) is 8.87. The normalized spacial score (nSPS) is 16.6. The van der Waals surface area contributed by atoms with Crippen LogP contribution < -0.4 is 5.32 Å². The van der Waals surface area contributed by atoms with E-state index in [0.717, 1.165) is 19.2 Å². The highest BCUT2D eigenvalue weighted by atomic mass is 79.9. The number of nitrogens with one attached hydrogen (secondary N) is 1. The number of hydrogen-bond donors (Lipinski definition) is 1. The molecule has 8 nitrogen and oxygen atoms in total. The number of halogens is 4. The first-order chi connectivity index (χ1) is 14.5. The fourth-order valence-corrected chi connectivity index (χ4v) is 3.33. The molecule has 0 amide bonds. The summed E-state index contributed by atoms with van der Waals surface area (Å²) in [6.07, 6.45) is -4.55. The van der Waals surface area contributed by atoms with Crippen LogP contribution in [0.5, 0.6) is 0 Å². The van der Waals surface area contributed by atoms with Gasteiger partial charge in [0.1, 0.15) is 5.70 Å². The standard InChI is InChI=1S/C19H18BrF3N2O6/c1-10-13(18(27)31-8-4-7-20)14(11-5-3-6-12(9-11)25(28)29)15(17(26)30-2)16(24-10)19(21,22)23/h3,5-6,9,14,24H,4,7-8H2,1-2H3. The molecule has 168 valence electrons. The first kappa shape index (κ1) is 24.4. The van der Waals surface area contributed by atoms with Gasteiger partial charge in [0.05, 0.1) is 35.7 Å². The van der Waals surface area contributed by atoms with E-state index in [1.54, 1.807) is 0 Å². The van der Waals surface area contributed by atoms with Crippen LogP contribution in [-0.2, 0) is 19.1 Å². The predicted molar refractivity (Wildman–Crippen MR) is 106 cm³/mol. The number of carbonyl (C=O) groups is 2. The van der Waals surface area contributed by atoms with E-state index in [4.69, 9.17) is 4.74 Å². The van der Waals surface area contributed by atoms with Crippen molar-refractivity contribution in [2.75, 3.05) is 19.0 Å². The Morgan fingerprint density at radius 2 is 1.94 bits per heavy atom. The third-order valence-corrected chi connectivity index (χ3v) is 4.96. The zero-order valence-electron chi connectivity index (χ0n) is 16.4. The van der Waals surface area contributed by atoms with Crippen LogP contribution in [0.4, 0.5) is 18.9 Å². The molecule has 0 fully saturated rings. The van der Waals surface area contributed by atoms with Gasteiger partial charge in [-0.1, -0.05) is 28.1 Å². The minimum atomic E-state index is -4.99. The molecule has 0 saturated heterocycles. The third-order valence-electron chi connectivity index (χ3n) is 4.40. The third kappa shape index (κ3) is 5.43. The van der Waals surface area contributed by atoms with Crippen molar-refractivity contribution < 1.29 is 37.2 Å². The number of hydrogen-bond acceptors (Lipinski definition) is 7. The number of ether oxygens (including phenoxy) is 2. The number of nitro benzene ring substituents is 1. The van der Waals surface area contributed by atoms with Gasteiger partial charge in [-0.15, -0.1) is 0 Å². The Kier molecular flexibility index (Phi) is 7.82. The summed E-state index contributed by atoms with van der Waals surface area (Å²) in [5.74, 6) is -3.89. The molecule has 0 aromatic heterocycles. The fraction of sp³-hybridized carbons (Fsp3) is 0.368. The summed E-state index contributed by atoms with van der Waals surface area (Å²) < 4.78 is 51.0. The van der Waals surface area contributed by atoms with E-state index in [2.05, 4.69) is 26.0 Å². The van der Waals surface area contributed by atoms with Crippen LogP contribution in [0.2, 0.25) is 0 Å². The second-order valence-corrected chi connectivity index (χ2v) is 7.20. The van der Waals surface area contributed by atoms with Gasteiger partial charge in [0.25, 0.3) is 5.69 Å². The molecular weight excluding hydrogens is 489 g/mol. The monoisotopic (exact) mass is 506 g/mol. The zero-order valence-corrected chi connectivity index (χ0v) is 18.0. The Labute approximate surface area is 183 Å². The molecule has 0 bridgehead atoms. The minimum Gasteiger partial charge on any atom is -0.466 e. The van der Waals surface area contributed by atoms with Gasteiger partial charge in [-0.3, -0.25) is 10.1 Å². The number of carbonyl (C=O) groups excluding carboxylic acids is 2. The first-order valence-corrected chi connectivity index (χ1v) is 10.00. The molecule has 1 aromatic carbocycles. The number of nitro groups is 1. The van der Waals surface area contributed by atoms with Crippen molar-refractivity contribution >= 4 is 33.6 Å². The summed E-state index contributed by atoms with van der Waals surface area (Å²) in [6, 6.07) is 4.69. The van der Waals surface area contributed by atoms with Gasteiger partial charge >= 0.3 is 18.1 Å². The molecule has 1 heterocycles. The molecule has 0 spiro atoms. The van der Waals surface area contributed by atoms with Crippen LogP contribution in [0.3, 0.4) is 0 Å². The topological polar surface area (TPSA) is 108 Å². The lowest BCUT2D eigenvalue weighted by Crippen LogP contribution is -2.38. The highest BCUT2D eigenvalue weighted by Gasteiger charge is 2.47. The maximum atomic E-state index is 13.8. The molecular formula is C19H18BrF3N2O6. The number of non-ortho nitro benzene ring substituents is 1. The second-order valence-electron chi connectivity index (χ2n) is 6.41. The summed E-state index contributed by atoms with van der Waals surface area (Å²) >= 11 is 3.17. The number of alkyl halides is 4. The van der Waals surface area contributed by atoms with Crippen LogP contribution in [0.1, 0.15) is 24.8 Å². The van der Waals surface area contributed by atoms with Crippen molar-refractivity contribution in [2.45, 2.75) is 25.4 Å². The fourth-order valence-electron chi connectivity index (χ4n) is 3.10. The average molecular weight is 507 g/mol. The van der Waals surface area contributed by atoms with E-state index in [9.17, 15) is 32.9 Å². The van der Waals surface area contributed by atoms with Gasteiger partial charge < -0.3 is 14.8 Å². The number of rotatable bonds is 7. The number of benzene rings is 1. The van der Waals surface area contributed by atoms with E-state index in [-0.39, 0.29) is 23.4 Å². The molecule has 0 saturated carbocycles. The maximum absolute atomic E-state index is 13.8. The Balaban J connectivity index is 2.75. The average Bonchev–Trinajstić information content (AvgIpc) is 2.71. The van der Waals surface area contributed by atoms with Crippen molar-refractivity contribution in [1.82, 2.24) is 5.32 Å². The molecule has 2 rings (SSSR count). The molecule has 12 heteroatoms. The molecule has 1 atom stereocenters. The Morgan fingerprint density at radius 1 is 1.26 bits per heavy atom. The van der Waals surface area contributed by atoms with Crippen LogP contribution in [0.25, 0.3) is 0 Å². The predicted octanol–water partition coefficient (Wildman–Crippen LogP) is 3.87. The Hall–Kier alpha value is -2.89. The Bertz CT molecular complexity index is 958. The molecule has 1 unspecified atom stereocenters. The summed E-state index contributed by atoms with van der Waals surface area (Å²) in [5.41, 5.74) is -3.26. The van der Waals surface area contributed by atoms with Gasteiger partial charge in [-0.2, -0.15) is 13.2 Å². The molecule has 1 aliphatic heterocycles. The summed E-state index contributed by atoms with van der Waals surface area (Å²) in [7, 11) is 0.896. The number of dihydropyridines is 1. The van der Waals surface area contributed by atoms with E-state index in [1.807, 2.05) is 0 Å². The van der Waals surface area contributed by atoms with Crippen LogP contribution in [0, 0.1) is 10.1 Å². The lowest BCUT2D eigenvalue weighted by Gasteiger charge is -2.31. The van der Waals surface area contributed by atoms with Gasteiger partial charge in [0, 0.05) is 23.2 Å². The van der Waals surface area contributed by atoms with Gasteiger partial charge in [0.15, 0.2) is 0 Å².